The molecule has 2 aromatic rings. The standard InChI is InChI=1S/C13H16BrN3/c1-9-16-12(14)11-8-10(3-7-17(9)11)2-4-13(15)5-6-13/h3,7-8H,2,4-6,15H2,1H3. The van der Waals surface area contributed by atoms with E-state index in [-0.39, 0.29) is 5.54 Å². The molecule has 0 aliphatic heterocycles. The van der Waals surface area contributed by atoms with E-state index in [9.17, 15) is 0 Å². The summed E-state index contributed by atoms with van der Waals surface area (Å²) in [4.78, 5) is 4.41. The van der Waals surface area contributed by atoms with E-state index in [2.05, 4.69) is 43.6 Å². The van der Waals surface area contributed by atoms with Crippen molar-refractivity contribution >= 4 is 21.4 Å². The Bertz CT molecular complexity index is 569. The van der Waals surface area contributed by atoms with E-state index < -0.39 is 0 Å². The minimum atomic E-state index is 0.138. The Labute approximate surface area is 109 Å². The molecule has 3 rings (SSSR count). The van der Waals surface area contributed by atoms with Crippen molar-refractivity contribution in [2.45, 2.75) is 38.1 Å². The molecule has 1 fully saturated rings. The van der Waals surface area contributed by atoms with Gasteiger partial charge in [0.1, 0.15) is 10.4 Å². The topological polar surface area (TPSA) is 43.3 Å². The summed E-state index contributed by atoms with van der Waals surface area (Å²) in [6, 6.07) is 4.37. The highest BCUT2D eigenvalue weighted by molar-refractivity contribution is 9.10. The molecule has 3 nitrogen and oxygen atoms in total. The molecule has 0 spiro atoms. The van der Waals surface area contributed by atoms with Crippen LogP contribution in [0.25, 0.3) is 5.52 Å². The summed E-state index contributed by atoms with van der Waals surface area (Å²) in [5, 5.41) is 0. The molecule has 4 heteroatoms. The van der Waals surface area contributed by atoms with Crippen molar-refractivity contribution in [2.75, 3.05) is 0 Å². The zero-order chi connectivity index (χ0) is 12.0. The molecule has 0 saturated heterocycles. The van der Waals surface area contributed by atoms with Gasteiger partial charge in [-0.3, -0.25) is 0 Å². The van der Waals surface area contributed by atoms with Gasteiger partial charge >= 0.3 is 0 Å². The second kappa shape index (κ2) is 3.82. The van der Waals surface area contributed by atoms with Gasteiger partial charge in [0.2, 0.25) is 0 Å². The first-order chi connectivity index (χ1) is 8.07. The van der Waals surface area contributed by atoms with Crippen LogP contribution in [0.15, 0.2) is 22.9 Å². The maximum absolute atomic E-state index is 6.11. The molecule has 1 aliphatic carbocycles. The molecule has 17 heavy (non-hydrogen) atoms. The second-order valence-electron chi connectivity index (χ2n) is 5.10. The molecule has 0 bridgehead atoms. The van der Waals surface area contributed by atoms with Crippen molar-refractivity contribution in [1.82, 2.24) is 9.38 Å². The van der Waals surface area contributed by atoms with Gasteiger partial charge in [0, 0.05) is 11.7 Å². The van der Waals surface area contributed by atoms with E-state index in [1.54, 1.807) is 0 Å². The molecule has 1 aliphatic rings. The van der Waals surface area contributed by atoms with Crippen LogP contribution >= 0.6 is 15.9 Å². The first-order valence-corrected chi connectivity index (χ1v) is 6.79. The fourth-order valence-corrected chi connectivity index (χ4v) is 2.76. The van der Waals surface area contributed by atoms with Crippen LogP contribution in [-0.2, 0) is 6.42 Å². The largest absolute Gasteiger partial charge is 0.325 e. The Morgan fingerprint density at radius 2 is 2.29 bits per heavy atom. The van der Waals surface area contributed by atoms with Crippen molar-refractivity contribution in [3.8, 4) is 0 Å². The fourth-order valence-electron chi connectivity index (χ4n) is 2.20. The number of pyridine rings is 1. The van der Waals surface area contributed by atoms with E-state index in [0.717, 1.165) is 28.8 Å². The SMILES string of the molecule is Cc1nc(Br)c2cc(CCC3(N)CC3)ccn12. The van der Waals surface area contributed by atoms with E-state index in [4.69, 9.17) is 5.73 Å². The van der Waals surface area contributed by atoms with Crippen LogP contribution in [-0.4, -0.2) is 14.9 Å². The van der Waals surface area contributed by atoms with Crippen LogP contribution in [0.1, 0.15) is 30.7 Å². The summed E-state index contributed by atoms with van der Waals surface area (Å²) in [7, 11) is 0. The number of hydrogen-bond acceptors (Lipinski definition) is 2. The third-order valence-electron chi connectivity index (χ3n) is 3.64. The monoisotopic (exact) mass is 293 g/mol. The Balaban J connectivity index is 1.88. The van der Waals surface area contributed by atoms with Crippen LogP contribution in [0.5, 0.6) is 0 Å². The van der Waals surface area contributed by atoms with Gasteiger partial charge in [-0.1, -0.05) is 0 Å². The van der Waals surface area contributed by atoms with Crippen molar-refractivity contribution in [3.63, 3.8) is 0 Å². The summed E-state index contributed by atoms with van der Waals surface area (Å²) in [5.74, 6) is 1.01. The maximum atomic E-state index is 6.11. The fraction of sp³-hybridized carbons (Fsp3) is 0.462. The van der Waals surface area contributed by atoms with Crippen LogP contribution in [0.4, 0.5) is 0 Å². The van der Waals surface area contributed by atoms with Crippen LogP contribution < -0.4 is 5.73 Å². The van der Waals surface area contributed by atoms with Gasteiger partial charge in [-0.2, -0.15) is 0 Å². The number of aryl methyl sites for hydroxylation is 2. The van der Waals surface area contributed by atoms with Crippen molar-refractivity contribution in [2.24, 2.45) is 5.73 Å². The predicted octanol–water partition coefficient (Wildman–Crippen LogP) is 2.83. The molecule has 90 valence electrons. The molecule has 0 amide bonds. The van der Waals surface area contributed by atoms with E-state index in [0.29, 0.717) is 0 Å². The van der Waals surface area contributed by atoms with E-state index in [1.165, 1.54) is 18.4 Å². The van der Waals surface area contributed by atoms with Crippen molar-refractivity contribution in [3.05, 3.63) is 34.3 Å². The maximum Gasteiger partial charge on any atom is 0.132 e. The third-order valence-corrected chi connectivity index (χ3v) is 4.23. The number of rotatable bonds is 3. The number of halogens is 1. The van der Waals surface area contributed by atoms with Crippen molar-refractivity contribution < 1.29 is 0 Å². The smallest absolute Gasteiger partial charge is 0.132 e. The van der Waals surface area contributed by atoms with E-state index in [1.807, 2.05) is 6.92 Å². The van der Waals surface area contributed by atoms with Crippen LogP contribution in [0.2, 0.25) is 0 Å². The highest BCUT2D eigenvalue weighted by atomic mass is 79.9. The Morgan fingerprint density at radius 1 is 1.53 bits per heavy atom. The summed E-state index contributed by atoms with van der Waals surface area (Å²) in [5.41, 5.74) is 8.74. The molecule has 0 radical (unpaired) electrons. The van der Waals surface area contributed by atoms with E-state index >= 15 is 0 Å². The molecule has 0 aromatic carbocycles. The number of aromatic nitrogens is 2. The van der Waals surface area contributed by atoms with Gasteiger partial charge in [0.25, 0.3) is 0 Å². The average Bonchev–Trinajstić information content (AvgIpc) is 2.98. The summed E-state index contributed by atoms with van der Waals surface area (Å²) >= 11 is 3.50. The van der Waals surface area contributed by atoms with Crippen molar-refractivity contribution in [1.29, 1.82) is 0 Å². The predicted molar refractivity (Wildman–Crippen MR) is 72.1 cm³/mol. The van der Waals surface area contributed by atoms with Crippen LogP contribution in [0.3, 0.4) is 0 Å². The summed E-state index contributed by atoms with van der Waals surface area (Å²) < 4.78 is 3.02. The lowest BCUT2D eigenvalue weighted by atomic mass is 10.1. The quantitative estimate of drug-likeness (QED) is 0.946. The number of nitrogens with two attached hydrogens (primary N) is 1. The van der Waals surface area contributed by atoms with Gasteiger partial charge in [-0.15, -0.1) is 0 Å². The number of nitrogens with zero attached hydrogens (tertiary/aromatic N) is 2. The van der Waals surface area contributed by atoms with Gasteiger partial charge < -0.3 is 10.1 Å². The molecular weight excluding hydrogens is 278 g/mol. The van der Waals surface area contributed by atoms with Gasteiger partial charge in [-0.05, 0) is 66.2 Å². The highest BCUT2D eigenvalue weighted by Gasteiger charge is 2.37. The summed E-state index contributed by atoms with van der Waals surface area (Å²) in [6.07, 6.45) is 6.61. The highest BCUT2D eigenvalue weighted by Crippen LogP contribution is 2.36. The van der Waals surface area contributed by atoms with Crippen LogP contribution in [0, 0.1) is 6.92 Å². The Kier molecular flexibility index (Phi) is 2.52. The third kappa shape index (κ3) is 2.11. The molecule has 0 atom stereocenters. The number of imidazole rings is 1. The lowest BCUT2D eigenvalue weighted by Gasteiger charge is -2.08. The first kappa shape index (κ1) is 11.2. The minimum Gasteiger partial charge on any atom is -0.325 e. The van der Waals surface area contributed by atoms with Gasteiger partial charge in [0.05, 0.1) is 5.52 Å². The number of fused-ring (bicyclic) bond motifs is 1. The van der Waals surface area contributed by atoms with Gasteiger partial charge in [-0.25, -0.2) is 4.98 Å². The minimum absolute atomic E-state index is 0.138. The molecule has 1 saturated carbocycles. The second-order valence-corrected chi connectivity index (χ2v) is 5.85. The van der Waals surface area contributed by atoms with Gasteiger partial charge in [0.15, 0.2) is 0 Å². The first-order valence-electron chi connectivity index (χ1n) is 5.99. The zero-order valence-corrected chi connectivity index (χ0v) is 11.5. The lowest BCUT2D eigenvalue weighted by molar-refractivity contribution is 0.609. The Hall–Kier alpha value is -0.870. The summed E-state index contributed by atoms with van der Waals surface area (Å²) in [6.45, 7) is 2.01. The number of hydrogen-bond donors (Lipinski definition) is 1. The molecule has 0 unspecified atom stereocenters. The lowest BCUT2D eigenvalue weighted by Crippen LogP contribution is -2.22. The normalized spacial score (nSPS) is 17.6. The molecule has 2 N–H and O–H groups in total. The molecule has 2 heterocycles. The molecule has 2 aromatic heterocycles. The zero-order valence-electron chi connectivity index (χ0n) is 9.91. The molecular formula is C13H16BrN3. The Morgan fingerprint density at radius 3 is 3.00 bits per heavy atom. The average molecular weight is 294 g/mol.